The minimum absolute atomic E-state index is 0.143. The molecule has 0 unspecified atom stereocenters. The third kappa shape index (κ3) is 4.51. The Labute approximate surface area is 130 Å². The van der Waals surface area contributed by atoms with Gasteiger partial charge >= 0.3 is 0 Å². The van der Waals surface area contributed by atoms with Crippen molar-refractivity contribution in [1.29, 1.82) is 5.26 Å². The molecular formula is C16H18ClN3O. The van der Waals surface area contributed by atoms with Gasteiger partial charge in [-0.25, -0.2) is 0 Å². The van der Waals surface area contributed by atoms with Crippen LogP contribution in [0.4, 0.5) is 0 Å². The number of nitriles is 1. The van der Waals surface area contributed by atoms with Crippen molar-refractivity contribution in [3.8, 4) is 6.07 Å². The highest BCUT2D eigenvalue weighted by Crippen LogP contribution is 2.15. The van der Waals surface area contributed by atoms with Crippen molar-refractivity contribution in [3.05, 3.63) is 46.6 Å². The molecule has 0 aromatic heterocycles. The molecule has 1 fully saturated rings. The molecule has 0 spiro atoms. The highest BCUT2D eigenvalue weighted by atomic mass is 35.5. The van der Waals surface area contributed by atoms with Crippen molar-refractivity contribution in [3.63, 3.8) is 0 Å². The lowest BCUT2D eigenvalue weighted by Crippen LogP contribution is -2.29. The van der Waals surface area contributed by atoms with E-state index in [1.807, 2.05) is 29.2 Å². The zero-order chi connectivity index (χ0) is 15.1. The molecular weight excluding hydrogens is 286 g/mol. The first-order valence-corrected chi connectivity index (χ1v) is 7.46. The Morgan fingerprint density at radius 3 is 2.71 bits per heavy atom. The Morgan fingerprint density at radius 2 is 2.05 bits per heavy atom. The van der Waals surface area contributed by atoms with Crippen LogP contribution in [0.3, 0.4) is 0 Å². The Hall–Kier alpha value is -1.99. The zero-order valence-electron chi connectivity index (χ0n) is 11.8. The van der Waals surface area contributed by atoms with E-state index in [-0.39, 0.29) is 11.5 Å². The molecule has 0 saturated carbocycles. The van der Waals surface area contributed by atoms with Crippen LogP contribution in [0.15, 0.2) is 36.0 Å². The number of nitrogens with zero attached hydrogens (tertiary/aromatic N) is 2. The molecule has 110 valence electrons. The van der Waals surface area contributed by atoms with Crippen molar-refractivity contribution >= 4 is 17.5 Å². The van der Waals surface area contributed by atoms with Crippen molar-refractivity contribution < 1.29 is 4.79 Å². The number of halogens is 1. The fourth-order valence-corrected chi connectivity index (χ4v) is 2.48. The topological polar surface area (TPSA) is 56.1 Å². The average Bonchev–Trinajstić information content (AvgIpc) is 2.52. The van der Waals surface area contributed by atoms with Gasteiger partial charge < -0.3 is 10.2 Å². The number of rotatable bonds is 4. The van der Waals surface area contributed by atoms with E-state index in [1.165, 1.54) is 6.42 Å². The van der Waals surface area contributed by atoms with Gasteiger partial charge in [0.1, 0.15) is 11.6 Å². The highest BCUT2D eigenvalue weighted by molar-refractivity contribution is 6.31. The van der Waals surface area contributed by atoms with Crippen LogP contribution < -0.4 is 5.32 Å². The minimum atomic E-state index is -0.358. The number of hydrogen-bond acceptors (Lipinski definition) is 3. The number of amides is 1. The largest absolute Gasteiger partial charge is 0.376 e. The zero-order valence-corrected chi connectivity index (χ0v) is 12.6. The summed E-state index contributed by atoms with van der Waals surface area (Å²) in [5.41, 5.74) is 0.978. The lowest BCUT2D eigenvalue weighted by Gasteiger charge is -2.25. The number of piperidine rings is 1. The SMILES string of the molecule is N#C/C(=C/N1CCCCC1)C(=O)NCc1ccccc1Cl. The standard InChI is InChI=1S/C16H18ClN3O/c17-15-7-3-2-6-13(15)11-19-16(21)14(10-18)12-20-8-4-1-5-9-20/h2-3,6-7,12H,1,4-5,8-9,11H2,(H,19,21)/b14-12-. The van der Waals surface area contributed by atoms with E-state index in [4.69, 9.17) is 16.9 Å². The van der Waals surface area contributed by atoms with Crippen molar-refractivity contribution in [2.75, 3.05) is 13.1 Å². The number of nitrogens with one attached hydrogen (secondary N) is 1. The molecule has 2 rings (SSSR count). The summed E-state index contributed by atoms with van der Waals surface area (Å²) >= 11 is 6.04. The normalized spacial score (nSPS) is 15.4. The second-order valence-electron chi connectivity index (χ2n) is 5.03. The van der Waals surface area contributed by atoms with Crippen molar-refractivity contribution in [1.82, 2.24) is 10.2 Å². The first kappa shape index (κ1) is 15.4. The second kappa shape index (κ2) is 7.70. The molecule has 0 atom stereocenters. The molecule has 1 N–H and O–H groups in total. The minimum Gasteiger partial charge on any atom is -0.376 e. The molecule has 0 aliphatic carbocycles. The van der Waals surface area contributed by atoms with Crippen molar-refractivity contribution in [2.45, 2.75) is 25.8 Å². The lowest BCUT2D eigenvalue weighted by atomic mass is 10.1. The summed E-state index contributed by atoms with van der Waals surface area (Å²) in [7, 11) is 0. The Kier molecular flexibility index (Phi) is 5.65. The van der Waals surface area contributed by atoms with Gasteiger partial charge in [-0.3, -0.25) is 4.79 Å². The Balaban J connectivity index is 1.96. The quantitative estimate of drug-likeness (QED) is 0.687. The molecule has 1 amide bonds. The van der Waals surface area contributed by atoms with Crippen LogP contribution in [0.1, 0.15) is 24.8 Å². The van der Waals surface area contributed by atoms with Crippen LogP contribution in [0.25, 0.3) is 0 Å². The Morgan fingerprint density at radius 1 is 1.33 bits per heavy atom. The molecule has 1 saturated heterocycles. The van der Waals surface area contributed by atoms with Gasteiger partial charge in [0.15, 0.2) is 0 Å². The summed E-state index contributed by atoms with van der Waals surface area (Å²) in [6.45, 7) is 2.13. The summed E-state index contributed by atoms with van der Waals surface area (Å²) in [5, 5.41) is 12.5. The van der Waals surface area contributed by atoms with Crippen LogP contribution in [-0.2, 0) is 11.3 Å². The predicted molar refractivity (Wildman–Crippen MR) is 82.4 cm³/mol. The van der Waals surface area contributed by atoms with E-state index in [9.17, 15) is 4.79 Å². The van der Waals surface area contributed by atoms with Gasteiger partial charge in [-0.2, -0.15) is 5.26 Å². The summed E-state index contributed by atoms with van der Waals surface area (Å²) in [5.74, 6) is -0.358. The smallest absolute Gasteiger partial charge is 0.263 e. The van der Waals surface area contributed by atoms with E-state index in [0.29, 0.717) is 11.6 Å². The van der Waals surface area contributed by atoms with Crippen LogP contribution in [0.2, 0.25) is 5.02 Å². The fraction of sp³-hybridized carbons (Fsp3) is 0.375. The van der Waals surface area contributed by atoms with Gasteiger partial charge in [0.25, 0.3) is 5.91 Å². The van der Waals surface area contributed by atoms with E-state index >= 15 is 0 Å². The molecule has 1 aliphatic heterocycles. The van der Waals surface area contributed by atoms with Gasteiger partial charge in [0.05, 0.1) is 0 Å². The Bertz CT molecular complexity index is 571. The van der Waals surface area contributed by atoms with Crippen LogP contribution >= 0.6 is 11.6 Å². The van der Waals surface area contributed by atoms with Crippen LogP contribution in [0, 0.1) is 11.3 Å². The molecule has 4 nitrogen and oxygen atoms in total. The monoisotopic (exact) mass is 303 g/mol. The van der Waals surface area contributed by atoms with Gasteiger partial charge in [-0.15, -0.1) is 0 Å². The maximum Gasteiger partial charge on any atom is 0.263 e. The third-order valence-corrected chi connectivity index (χ3v) is 3.83. The molecule has 21 heavy (non-hydrogen) atoms. The number of benzene rings is 1. The van der Waals surface area contributed by atoms with E-state index < -0.39 is 0 Å². The molecule has 1 aliphatic rings. The molecule has 0 bridgehead atoms. The summed E-state index contributed by atoms with van der Waals surface area (Å²) in [4.78, 5) is 14.1. The maximum atomic E-state index is 12.1. The van der Waals surface area contributed by atoms with Gasteiger partial charge in [0, 0.05) is 30.9 Å². The molecule has 1 heterocycles. The highest BCUT2D eigenvalue weighted by Gasteiger charge is 2.13. The average molecular weight is 304 g/mol. The van der Waals surface area contributed by atoms with Crippen LogP contribution in [0.5, 0.6) is 0 Å². The molecule has 1 aromatic carbocycles. The van der Waals surface area contributed by atoms with E-state index in [0.717, 1.165) is 31.5 Å². The van der Waals surface area contributed by atoms with Gasteiger partial charge in [0.2, 0.25) is 0 Å². The number of carbonyl (C=O) groups excluding carboxylic acids is 1. The molecule has 0 radical (unpaired) electrons. The number of carbonyl (C=O) groups is 1. The number of likely N-dealkylation sites (tertiary alicyclic amines) is 1. The van der Waals surface area contributed by atoms with E-state index in [1.54, 1.807) is 12.3 Å². The van der Waals surface area contributed by atoms with Crippen LogP contribution in [-0.4, -0.2) is 23.9 Å². The molecule has 5 heteroatoms. The first-order valence-electron chi connectivity index (χ1n) is 7.08. The van der Waals surface area contributed by atoms with Crippen molar-refractivity contribution in [2.24, 2.45) is 0 Å². The second-order valence-corrected chi connectivity index (χ2v) is 5.43. The summed E-state index contributed by atoms with van der Waals surface area (Å²) in [6.07, 6.45) is 5.10. The predicted octanol–water partition coefficient (Wildman–Crippen LogP) is 2.85. The lowest BCUT2D eigenvalue weighted by molar-refractivity contribution is -0.117. The van der Waals surface area contributed by atoms with E-state index in [2.05, 4.69) is 5.32 Å². The summed E-state index contributed by atoms with van der Waals surface area (Å²) < 4.78 is 0. The number of hydrogen-bond donors (Lipinski definition) is 1. The van der Waals surface area contributed by atoms with Gasteiger partial charge in [-0.1, -0.05) is 29.8 Å². The first-order chi connectivity index (χ1) is 10.2. The van der Waals surface area contributed by atoms with Gasteiger partial charge in [-0.05, 0) is 30.9 Å². The third-order valence-electron chi connectivity index (χ3n) is 3.46. The summed E-state index contributed by atoms with van der Waals surface area (Å²) in [6, 6.07) is 9.30. The molecule has 1 aromatic rings. The maximum absolute atomic E-state index is 12.1. The fourth-order valence-electron chi connectivity index (χ4n) is 2.28.